The molecule has 4 heteroatoms. The van der Waals surface area contributed by atoms with Gasteiger partial charge in [-0.1, -0.05) is 24.3 Å². The van der Waals surface area contributed by atoms with Crippen LogP contribution >= 0.6 is 0 Å². The molecule has 1 amide bonds. The summed E-state index contributed by atoms with van der Waals surface area (Å²) >= 11 is 0. The second-order valence-corrected chi connectivity index (χ2v) is 6.82. The maximum absolute atomic E-state index is 12.2. The van der Waals surface area contributed by atoms with E-state index in [2.05, 4.69) is 48.3 Å². The fourth-order valence-electron chi connectivity index (χ4n) is 3.60. The zero-order valence-electron chi connectivity index (χ0n) is 12.9. The molecule has 1 fully saturated rings. The lowest BCUT2D eigenvalue weighted by Gasteiger charge is -2.37. The topological polar surface area (TPSA) is 58.4 Å². The number of hydrogen-bond donors (Lipinski definition) is 2. The molecule has 1 aromatic carbocycles. The number of fused-ring (bicyclic) bond motifs is 1. The van der Waals surface area contributed by atoms with Gasteiger partial charge in [-0.2, -0.15) is 0 Å². The number of carbonyl (C=O) groups is 1. The summed E-state index contributed by atoms with van der Waals surface area (Å²) in [6.07, 6.45) is 2.20. The molecule has 1 aliphatic carbocycles. The normalized spacial score (nSPS) is 21.3. The van der Waals surface area contributed by atoms with Crippen LogP contribution in [-0.4, -0.2) is 28.9 Å². The van der Waals surface area contributed by atoms with Crippen molar-refractivity contribution in [3.05, 3.63) is 35.4 Å². The molecule has 1 heterocycles. The van der Waals surface area contributed by atoms with E-state index in [0.717, 1.165) is 25.9 Å². The first kappa shape index (κ1) is 14.5. The van der Waals surface area contributed by atoms with E-state index in [0.29, 0.717) is 12.5 Å². The molecule has 0 saturated heterocycles. The Labute approximate surface area is 126 Å². The van der Waals surface area contributed by atoms with Gasteiger partial charge in [0.25, 0.3) is 0 Å². The van der Waals surface area contributed by atoms with Crippen LogP contribution in [0.15, 0.2) is 24.3 Å². The third kappa shape index (κ3) is 2.83. The van der Waals surface area contributed by atoms with Crippen LogP contribution < -0.4 is 11.1 Å². The lowest BCUT2D eigenvalue weighted by atomic mass is 9.90. The average molecular weight is 287 g/mol. The second kappa shape index (κ2) is 5.43. The highest BCUT2D eigenvalue weighted by atomic mass is 16.1. The maximum atomic E-state index is 12.2. The zero-order valence-corrected chi connectivity index (χ0v) is 12.9. The van der Waals surface area contributed by atoms with E-state index in [-0.39, 0.29) is 11.9 Å². The smallest absolute Gasteiger partial charge is 0.239 e. The number of amides is 1. The van der Waals surface area contributed by atoms with Crippen molar-refractivity contribution in [1.29, 1.82) is 0 Å². The number of carbonyl (C=O) groups excluding carboxylic acids is 1. The van der Waals surface area contributed by atoms with Gasteiger partial charge in [0.05, 0.1) is 0 Å². The first-order chi connectivity index (χ1) is 10.0. The summed E-state index contributed by atoms with van der Waals surface area (Å²) in [6.45, 7) is 6.70. The first-order valence-electron chi connectivity index (χ1n) is 7.88. The highest BCUT2D eigenvalue weighted by Crippen LogP contribution is 2.41. The Morgan fingerprint density at radius 2 is 1.90 bits per heavy atom. The van der Waals surface area contributed by atoms with Crippen LogP contribution in [0.2, 0.25) is 0 Å². The van der Waals surface area contributed by atoms with E-state index in [1.807, 2.05) is 0 Å². The summed E-state index contributed by atoms with van der Waals surface area (Å²) < 4.78 is 0. The molecule has 1 atom stereocenters. The maximum Gasteiger partial charge on any atom is 0.239 e. The van der Waals surface area contributed by atoms with Gasteiger partial charge in [0.15, 0.2) is 0 Å². The number of nitrogens with zero attached hydrogens (tertiary/aromatic N) is 1. The van der Waals surface area contributed by atoms with Crippen LogP contribution in [0.4, 0.5) is 0 Å². The van der Waals surface area contributed by atoms with Crippen molar-refractivity contribution in [3.63, 3.8) is 0 Å². The van der Waals surface area contributed by atoms with Crippen molar-refractivity contribution >= 4 is 5.91 Å². The van der Waals surface area contributed by atoms with E-state index in [1.54, 1.807) is 0 Å². The van der Waals surface area contributed by atoms with Crippen LogP contribution in [0.1, 0.15) is 37.8 Å². The minimum atomic E-state index is -0.573. The Morgan fingerprint density at radius 3 is 2.33 bits per heavy atom. The summed E-state index contributed by atoms with van der Waals surface area (Å²) in [5, 5.41) is 3.49. The van der Waals surface area contributed by atoms with E-state index in [4.69, 9.17) is 5.73 Å². The SMILES string of the molecule is CC(C)NC(CN1Cc2ccccc2C1)(C(N)=O)C1CC1. The van der Waals surface area contributed by atoms with Crippen molar-refractivity contribution < 1.29 is 4.79 Å². The molecule has 1 unspecified atom stereocenters. The van der Waals surface area contributed by atoms with Gasteiger partial charge in [-0.25, -0.2) is 0 Å². The van der Waals surface area contributed by atoms with Crippen LogP contribution in [0.5, 0.6) is 0 Å². The van der Waals surface area contributed by atoms with Crippen LogP contribution in [0.3, 0.4) is 0 Å². The lowest BCUT2D eigenvalue weighted by Crippen LogP contribution is -2.64. The standard InChI is InChI=1S/C17H25N3O/c1-12(2)19-17(16(18)21,15-7-8-15)11-20-9-13-5-3-4-6-14(13)10-20/h3-6,12,15,19H,7-11H2,1-2H3,(H2,18,21). The summed E-state index contributed by atoms with van der Waals surface area (Å²) in [7, 11) is 0. The molecule has 1 aliphatic heterocycles. The van der Waals surface area contributed by atoms with Crippen LogP contribution in [0.25, 0.3) is 0 Å². The third-order valence-electron chi connectivity index (χ3n) is 4.64. The Bertz CT molecular complexity index is 514. The molecular formula is C17H25N3O. The quantitative estimate of drug-likeness (QED) is 0.836. The van der Waals surface area contributed by atoms with E-state index < -0.39 is 5.54 Å². The van der Waals surface area contributed by atoms with Crippen molar-refractivity contribution in [2.75, 3.05) is 6.54 Å². The zero-order chi connectivity index (χ0) is 15.0. The van der Waals surface area contributed by atoms with E-state index in [9.17, 15) is 4.79 Å². The first-order valence-corrected chi connectivity index (χ1v) is 7.88. The molecule has 114 valence electrons. The third-order valence-corrected chi connectivity index (χ3v) is 4.64. The summed E-state index contributed by atoms with van der Waals surface area (Å²) in [5.74, 6) is 0.191. The molecule has 0 bridgehead atoms. The van der Waals surface area contributed by atoms with Crippen LogP contribution in [-0.2, 0) is 17.9 Å². The molecule has 0 radical (unpaired) electrons. The Kier molecular flexibility index (Phi) is 3.76. The van der Waals surface area contributed by atoms with E-state index in [1.165, 1.54) is 11.1 Å². The molecule has 4 nitrogen and oxygen atoms in total. The number of nitrogens with one attached hydrogen (secondary N) is 1. The summed E-state index contributed by atoms with van der Waals surface area (Å²) in [5.41, 5.74) is 7.99. The molecule has 1 saturated carbocycles. The number of rotatable bonds is 6. The summed E-state index contributed by atoms with van der Waals surface area (Å²) in [6, 6.07) is 8.76. The largest absolute Gasteiger partial charge is 0.368 e. The fourth-order valence-corrected chi connectivity index (χ4v) is 3.60. The van der Waals surface area contributed by atoms with Gasteiger partial charge in [-0.15, -0.1) is 0 Å². The van der Waals surface area contributed by atoms with Crippen molar-refractivity contribution in [3.8, 4) is 0 Å². The molecule has 1 aromatic rings. The van der Waals surface area contributed by atoms with Crippen LogP contribution in [0, 0.1) is 5.92 Å². The molecular weight excluding hydrogens is 262 g/mol. The van der Waals surface area contributed by atoms with Crippen molar-refractivity contribution in [2.24, 2.45) is 11.7 Å². The minimum absolute atomic E-state index is 0.199. The number of hydrogen-bond acceptors (Lipinski definition) is 3. The van der Waals surface area contributed by atoms with Gasteiger partial charge < -0.3 is 5.73 Å². The van der Waals surface area contributed by atoms with Gasteiger partial charge in [0.2, 0.25) is 5.91 Å². The highest BCUT2D eigenvalue weighted by molar-refractivity contribution is 5.86. The molecule has 0 aromatic heterocycles. The predicted octanol–water partition coefficient (Wildman–Crippen LogP) is 1.63. The summed E-state index contributed by atoms with van der Waals surface area (Å²) in [4.78, 5) is 14.6. The van der Waals surface area contributed by atoms with Gasteiger partial charge in [0, 0.05) is 25.7 Å². The van der Waals surface area contributed by atoms with Gasteiger partial charge in [-0.3, -0.25) is 15.0 Å². The Morgan fingerprint density at radius 1 is 1.33 bits per heavy atom. The second-order valence-electron chi connectivity index (χ2n) is 6.82. The number of primary amides is 1. The van der Waals surface area contributed by atoms with Gasteiger partial charge >= 0.3 is 0 Å². The van der Waals surface area contributed by atoms with Crippen molar-refractivity contribution in [1.82, 2.24) is 10.2 Å². The Hall–Kier alpha value is -1.39. The Balaban J connectivity index is 1.78. The molecule has 3 rings (SSSR count). The molecule has 2 aliphatic rings. The predicted molar refractivity (Wildman–Crippen MR) is 83.5 cm³/mol. The van der Waals surface area contributed by atoms with Gasteiger partial charge in [0.1, 0.15) is 5.54 Å². The molecule has 21 heavy (non-hydrogen) atoms. The average Bonchev–Trinajstić information content (AvgIpc) is 3.18. The highest BCUT2D eigenvalue weighted by Gasteiger charge is 2.51. The monoisotopic (exact) mass is 287 g/mol. The van der Waals surface area contributed by atoms with Gasteiger partial charge in [-0.05, 0) is 43.7 Å². The molecule has 0 spiro atoms. The number of nitrogens with two attached hydrogens (primary N) is 1. The van der Waals surface area contributed by atoms with Crippen molar-refractivity contribution in [2.45, 2.75) is 51.4 Å². The number of benzene rings is 1. The lowest BCUT2D eigenvalue weighted by molar-refractivity contribution is -0.126. The molecule has 3 N–H and O–H groups in total. The fraction of sp³-hybridized carbons (Fsp3) is 0.588. The minimum Gasteiger partial charge on any atom is -0.368 e. The van der Waals surface area contributed by atoms with E-state index >= 15 is 0 Å².